The summed E-state index contributed by atoms with van der Waals surface area (Å²) in [5.74, 6) is 0. The largest absolute Gasteiger partial charge is 0.377 e. The van der Waals surface area contributed by atoms with E-state index in [2.05, 4.69) is 33.7 Å². The van der Waals surface area contributed by atoms with Gasteiger partial charge >= 0.3 is 0 Å². The monoisotopic (exact) mass is 376 g/mol. The molecular formula is C14H20N2O2S4. The summed E-state index contributed by atoms with van der Waals surface area (Å²) in [4.78, 5) is 0. The molecule has 0 atom stereocenters. The highest BCUT2D eigenvalue weighted by molar-refractivity contribution is 7.73. The van der Waals surface area contributed by atoms with Crippen molar-refractivity contribution in [2.75, 3.05) is 26.4 Å². The van der Waals surface area contributed by atoms with Gasteiger partial charge in [-0.2, -0.15) is 0 Å². The van der Waals surface area contributed by atoms with Gasteiger partial charge in [-0.1, -0.05) is 0 Å². The third kappa shape index (κ3) is 5.07. The average Bonchev–Trinajstić information content (AvgIpc) is 2.98. The molecule has 2 heterocycles. The molecule has 2 aromatic rings. The summed E-state index contributed by atoms with van der Waals surface area (Å²) in [6, 6.07) is 0. The molecule has 0 aromatic carbocycles. The van der Waals surface area contributed by atoms with Gasteiger partial charge in [-0.25, -0.2) is 0 Å². The lowest BCUT2D eigenvalue weighted by Gasteiger charge is -2.09. The van der Waals surface area contributed by atoms with Crippen LogP contribution in [0, 0.1) is 21.8 Å². The van der Waals surface area contributed by atoms with Crippen LogP contribution in [0.5, 0.6) is 0 Å². The molecule has 0 bridgehead atoms. The van der Waals surface area contributed by atoms with Crippen LogP contribution in [0.15, 0.2) is 10.8 Å². The van der Waals surface area contributed by atoms with Gasteiger partial charge in [0.05, 0.1) is 26.4 Å². The molecule has 4 nitrogen and oxygen atoms in total. The van der Waals surface area contributed by atoms with Crippen LogP contribution in [0.3, 0.4) is 0 Å². The van der Waals surface area contributed by atoms with Crippen molar-refractivity contribution in [1.82, 2.24) is 9.13 Å². The van der Waals surface area contributed by atoms with Crippen LogP contribution in [0.2, 0.25) is 0 Å². The smallest absolute Gasteiger partial charge is 0.161 e. The van der Waals surface area contributed by atoms with Crippen molar-refractivity contribution >= 4 is 47.1 Å². The van der Waals surface area contributed by atoms with Gasteiger partial charge in [0.25, 0.3) is 0 Å². The van der Waals surface area contributed by atoms with Gasteiger partial charge in [-0.05, 0) is 38.3 Å². The minimum Gasteiger partial charge on any atom is -0.377 e. The molecule has 0 unspecified atom stereocenters. The molecule has 8 heteroatoms. The summed E-state index contributed by atoms with van der Waals surface area (Å²) in [7, 11) is 0. The van der Waals surface area contributed by atoms with Crippen molar-refractivity contribution < 1.29 is 9.47 Å². The molecule has 0 saturated heterocycles. The zero-order valence-electron chi connectivity index (χ0n) is 12.7. The first-order valence-corrected chi connectivity index (χ1v) is 9.62. The molecule has 122 valence electrons. The van der Waals surface area contributed by atoms with E-state index in [4.69, 9.17) is 33.9 Å². The topological polar surface area (TPSA) is 28.3 Å². The Kier molecular flexibility index (Phi) is 7.39. The number of rotatable bonds is 9. The predicted octanol–water partition coefficient (Wildman–Crippen LogP) is 4.22. The minimum absolute atomic E-state index is 0.602. The molecule has 0 N–H and O–H groups in total. The van der Waals surface area contributed by atoms with Crippen molar-refractivity contribution in [1.29, 1.82) is 0 Å². The number of ether oxygens (including phenoxy) is 2. The normalized spacial score (nSPS) is 11.2. The van der Waals surface area contributed by atoms with Crippen molar-refractivity contribution in [2.45, 2.75) is 26.9 Å². The van der Waals surface area contributed by atoms with E-state index in [1.807, 2.05) is 0 Å². The van der Waals surface area contributed by atoms with Gasteiger partial charge in [-0.3, -0.25) is 0 Å². The van der Waals surface area contributed by atoms with E-state index >= 15 is 0 Å². The first-order chi connectivity index (χ1) is 10.6. The van der Waals surface area contributed by atoms with Crippen molar-refractivity contribution in [2.24, 2.45) is 0 Å². The molecule has 0 amide bonds. The van der Waals surface area contributed by atoms with Gasteiger partial charge in [0.1, 0.15) is 0 Å². The summed E-state index contributed by atoms with van der Waals surface area (Å²) in [6.45, 7) is 8.25. The maximum absolute atomic E-state index is 5.59. The van der Waals surface area contributed by atoms with Crippen LogP contribution in [0.4, 0.5) is 0 Å². The van der Waals surface area contributed by atoms with E-state index in [1.165, 1.54) is 11.4 Å². The lowest BCUT2D eigenvalue weighted by Crippen LogP contribution is -2.13. The Balaban J connectivity index is 1.55. The third-order valence-electron chi connectivity index (χ3n) is 3.24. The lowest BCUT2D eigenvalue weighted by atomic mass is 10.5. The van der Waals surface area contributed by atoms with E-state index in [9.17, 15) is 0 Å². The zero-order chi connectivity index (χ0) is 15.9. The Morgan fingerprint density at radius 2 is 1.23 bits per heavy atom. The number of hydrogen-bond acceptors (Lipinski definition) is 6. The molecule has 0 radical (unpaired) electrons. The second-order valence-electron chi connectivity index (χ2n) is 4.81. The van der Waals surface area contributed by atoms with Gasteiger partial charge in [0.2, 0.25) is 0 Å². The summed E-state index contributed by atoms with van der Waals surface area (Å²) in [5, 5.41) is 4.14. The Morgan fingerprint density at radius 1 is 0.818 bits per heavy atom. The Labute approximate surface area is 148 Å². The van der Waals surface area contributed by atoms with Gasteiger partial charge in [0, 0.05) is 35.2 Å². The first-order valence-electron chi connectivity index (χ1n) is 7.05. The standard InChI is InChI=1S/C14H20N2O2S4/c1-11-9-21-13(19)15(11)3-5-17-7-8-18-6-4-16-12(2)10-22-14(16)20/h9-10H,3-8H2,1-2H3. The maximum atomic E-state index is 5.59. The summed E-state index contributed by atoms with van der Waals surface area (Å²) >= 11 is 13.7. The summed E-state index contributed by atoms with van der Waals surface area (Å²) in [5.41, 5.74) is 2.38. The molecule has 0 aliphatic heterocycles. The highest BCUT2D eigenvalue weighted by Gasteiger charge is 2.00. The predicted molar refractivity (Wildman–Crippen MR) is 97.4 cm³/mol. The van der Waals surface area contributed by atoms with Crippen molar-refractivity contribution in [3.05, 3.63) is 30.1 Å². The fourth-order valence-corrected chi connectivity index (χ4v) is 4.26. The quantitative estimate of drug-likeness (QED) is 0.484. The highest BCUT2D eigenvalue weighted by Crippen LogP contribution is 2.10. The van der Waals surface area contributed by atoms with Crippen LogP contribution in [0.25, 0.3) is 0 Å². The van der Waals surface area contributed by atoms with E-state index in [0.717, 1.165) is 21.0 Å². The second-order valence-corrected chi connectivity index (χ2v) is 7.82. The third-order valence-corrected chi connectivity index (χ3v) is 6.02. The highest BCUT2D eigenvalue weighted by atomic mass is 32.2. The van der Waals surface area contributed by atoms with Gasteiger partial charge in [-0.15, -0.1) is 22.7 Å². The molecule has 0 saturated carbocycles. The number of aromatic nitrogens is 2. The van der Waals surface area contributed by atoms with Gasteiger partial charge in [0.15, 0.2) is 7.91 Å². The second kappa shape index (κ2) is 9.05. The van der Waals surface area contributed by atoms with Crippen molar-refractivity contribution in [3.63, 3.8) is 0 Å². The molecular weight excluding hydrogens is 356 g/mol. The fraction of sp³-hybridized carbons (Fsp3) is 0.571. The molecule has 0 aliphatic carbocycles. The maximum Gasteiger partial charge on any atom is 0.161 e. The lowest BCUT2D eigenvalue weighted by molar-refractivity contribution is 0.0418. The van der Waals surface area contributed by atoms with Crippen LogP contribution in [0.1, 0.15) is 11.4 Å². The number of hydrogen-bond donors (Lipinski definition) is 0. The van der Waals surface area contributed by atoms with Crippen LogP contribution in [-0.2, 0) is 22.6 Å². The van der Waals surface area contributed by atoms with Gasteiger partial charge < -0.3 is 18.6 Å². The average molecular weight is 377 g/mol. The number of aryl methyl sites for hydroxylation is 2. The number of nitrogens with zero attached hydrogens (tertiary/aromatic N) is 2. The fourth-order valence-electron chi connectivity index (χ4n) is 1.98. The molecule has 22 heavy (non-hydrogen) atoms. The van der Waals surface area contributed by atoms with E-state index in [1.54, 1.807) is 22.7 Å². The van der Waals surface area contributed by atoms with E-state index in [0.29, 0.717) is 26.4 Å². The molecule has 0 aliphatic rings. The SMILES string of the molecule is Cc1csc(=S)n1CCOCCOCCn1c(C)csc1=S. The summed E-state index contributed by atoms with van der Waals surface area (Å²) < 4.78 is 17.2. The molecule has 2 aromatic heterocycles. The van der Waals surface area contributed by atoms with E-state index in [-0.39, 0.29) is 0 Å². The van der Waals surface area contributed by atoms with E-state index < -0.39 is 0 Å². The Morgan fingerprint density at radius 3 is 1.55 bits per heavy atom. The molecule has 0 fully saturated rings. The van der Waals surface area contributed by atoms with Crippen LogP contribution >= 0.6 is 47.1 Å². The Bertz CT molecular complexity index is 638. The number of thiazole rings is 2. The van der Waals surface area contributed by atoms with Crippen LogP contribution in [-0.4, -0.2) is 35.6 Å². The first kappa shape index (κ1) is 18.0. The molecule has 0 spiro atoms. The minimum atomic E-state index is 0.602. The Hall–Kier alpha value is -0.380. The molecule has 2 rings (SSSR count). The van der Waals surface area contributed by atoms with Crippen LogP contribution < -0.4 is 0 Å². The summed E-state index contributed by atoms with van der Waals surface area (Å²) in [6.07, 6.45) is 0. The van der Waals surface area contributed by atoms with Crippen molar-refractivity contribution in [3.8, 4) is 0 Å². The zero-order valence-corrected chi connectivity index (χ0v) is 16.0.